The van der Waals surface area contributed by atoms with Crippen LogP contribution in [0.1, 0.15) is 26.7 Å². The zero-order valence-electron chi connectivity index (χ0n) is 10.2. The molecule has 1 unspecified atom stereocenters. The first-order valence-corrected chi connectivity index (χ1v) is 10.8. The molecule has 0 bridgehead atoms. The molecule has 1 rings (SSSR count). The molecule has 1 heterocycles. The van der Waals surface area contributed by atoms with Crippen LogP contribution in [0.25, 0.3) is 0 Å². The molecule has 0 amide bonds. The third-order valence-corrected chi connectivity index (χ3v) is 9.93. The van der Waals surface area contributed by atoms with Gasteiger partial charge >= 0.3 is 0 Å². The van der Waals surface area contributed by atoms with Gasteiger partial charge in [0.05, 0.1) is 19.8 Å². The highest BCUT2D eigenvalue weighted by Crippen LogP contribution is 2.71. The second-order valence-corrected chi connectivity index (χ2v) is 12.1. The third kappa shape index (κ3) is 4.37. The minimum absolute atomic E-state index is 0.439. The molecule has 1 fully saturated rings. The van der Waals surface area contributed by atoms with Crippen LogP contribution in [-0.2, 0) is 25.6 Å². The number of ether oxygens (including phenoxy) is 1. The standard InChI is InChI=1S/C9H16Cl3O3PS2/c1-3-14-16(17,15-4-2)18-9(12)8(10,11)6-5-7-13-9/h3-7H2,1-2H3. The highest BCUT2D eigenvalue weighted by atomic mass is 35.5. The summed E-state index contributed by atoms with van der Waals surface area (Å²) in [4.78, 5) is 0. The molecule has 1 saturated heterocycles. The summed E-state index contributed by atoms with van der Waals surface area (Å²) in [6.45, 7) is 5.06. The third-order valence-electron chi connectivity index (χ3n) is 2.16. The van der Waals surface area contributed by atoms with Gasteiger partial charge in [-0.2, -0.15) is 0 Å². The molecule has 1 aliphatic rings. The molecule has 0 aromatic heterocycles. The molecular weight excluding hydrogens is 358 g/mol. The van der Waals surface area contributed by atoms with Crippen molar-refractivity contribution in [2.24, 2.45) is 0 Å². The SMILES string of the molecule is CCOP(=S)(OCC)SC1(Cl)OCCCC1(Cl)Cl. The van der Waals surface area contributed by atoms with Gasteiger partial charge < -0.3 is 13.8 Å². The fourth-order valence-corrected chi connectivity index (χ4v) is 9.17. The Morgan fingerprint density at radius 2 is 1.83 bits per heavy atom. The van der Waals surface area contributed by atoms with Gasteiger partial charge in [0.2, 0.25) is 4.39 Å². The number of hydrogen-bond donors (Lipinski definition) is 0. The Bertz CT molecular complexity index is 322. The van der Waals surface area contributed by atoms with Crippen molar-refractivity contribution in [2.75, 3.05) is 19.8 Å². The number of halogens is 3. The van der Waals surface area contributed by atoms with Crippen LogP contribution in [-0.4, -0.2) is 28.5 Å². The molecule has 0 aromatic rings. The Morgan fingerprint density at radius 3 is 2.28 bits per heavy atom. The Hall–Kier alpha value is 1.75. The number of rotatable bonds is 6. The number of hydrogen-bond acceptors (Lipinski definition) is 5. The summed E-state index contributed by atoms with van der Waals surface area (Å²) in [5.74, 6) is 0. The zero-order chi connectivity index (χ0) is 13.9. The van der Waals surface area contributed by atoms with Gasteiger partial charge in [-0.15, -0.1) is 0 Å². The Labute approximate surface area is 132 Å². The van der Waals surface area contributed by atoms with Crippen molar-refractivity contribution in [3.8, 4) is 0 Å². The average Bonchev–Trinajstić information content (AvgIpc) is 2.23. The van der Waals surface area contributed by atoms with Crippen LogP contribution in [0.15, 0.2) is 0 Å². The van der Waals surface area contributed by atoms with E-state index in [-0.39, 0.29) is 0 Å². The van der Waals surface area contributed by atoms with Gasteiger partial charge in [-0.25, -0.2) is 0 Å². The molecule has 3 nitrogen and oxygen atoms in total. The van der Waals surface area contributed by atoms with E-state index in [2.05, 4.69) is 0 Å². The maximum atomic E-state index is 6.40. The first kappa shape index (κ1) is 17.8. The molecule has 0 radical (unpaired) electrons. The topological polar surface area (TPSA) is 27.7 Å². The van der Waals surface area contributed by atoms with Crippen molar-refractivity contribution in [1.29, 1.82) is 0 Å². The lowest BCUT2D eigenvalue weighted by Gasteiger charge is -2.42. The predicted molar refractivity (Wildman–Crippen MR) is 83.3 cm³/mol. The zero-order valence-corrected chi connectivity index (χ0v) is 15.0. The quantitative estimate of drug-likeness (QED) is 0.488. The van der Waals surface area contributed by atoms with Gasteiger partial charge in [0.15, 0.2) is 4.33 Å². The fraction of sp³-hybridized carbons (Fsp3) is 1.00. The van der Waals surface area contributed by atoms with Gasteiger partial charge in [0.25, 0.3) is 5.69 Å². The van der Waals surface area contributed by atoms with E-state index >= 15 is 0 Å². The molecule has 0 aliphatic carbocycles. The first-order valence-electron chi connectivity index (χ1n) is 5.59. The van der Waals surface area contributed by atoms with E-state index in [1.54, 1.807) is 0 Å². The van der Waals surface area contributed by atoms with Gasteiger partial charge in [-0.3, -0.25) is 0 Å². The maximum absolute atomic E-state index is 6.40. The van der Waals surface area contributed by atoms with E-state index in [4.69, 9.17) is 60.4 Å². The lowest BCUT2D eigenvalue weighted by Crippen LogP contribution is -2.44. The van der Waals surface area contributed by atoms with Crippen molar-refractivity contribution in [3.05, 3.63) is 0 Å². The molecule has 0 spiro atoms. The molecule has 18 heavy (non-hydrogen) atoms. The minimum atomic E-state index is -2.61. The van der Waals surface area contributed by atoms with E-state index in [0.29, 0.717) is 26.2 Å². The summed E-state index contributed by atoms with van der Waals surface area (Å²) in [7, 11) is 0. The first-order chi connectivity index (χ1) is 8.29. The molecule has 1 atom stereocenters. The minimum Gasteiger partial charge on any atom is -0.348 e. The second-order valence-electron chi connectivity index (χ2n) is 3.57. The lowest BCUT2D eigenvalue weighted by atomic mass is 10.2. The summed E-state index contributed by atoms with van der Waals surface area (Å²) >= 11 is 25.4. The maximum Gasteiger partial charge on any atom is 0.251 e. The van der Waals surface area contributed by atoms with Gasteiger partial charge in [-0.1, -0.05) is 34.8 Å². The van der Waals surface area contributed by atoms with E-state index in [0.717, 1.165) is 17.8 Å². The van der Waals surface area contributed by atoms with E-state index in [1.807, 2.05) is 13.8 Å². The van der Waals surface area contributed by atoms with Crippen LogP contribution in [0.2, 0.25) is 0 Å². The fourth-order valence-electron chi connectivity index (χ4n) is 1.40. The Kier molecular flexibility index (Phi) is 7.07. The molecule has 0 N–H and O–H groups in total. The van der Waals surface area contributed by atoms with E-state index < -0.39 is 14.4 Å². The van der Waals surface area contributed by atoms with Crippen LogP contribution in [0.3, 0.4) is 0 Å². The van der Waals surface area contributed by atoms with Crippen LogP contribution in [0.5, 0.6) is 0 Å². The highest BCUT2D eigenvalue weighted by Gasteiger charge is 2.55. The van der Waals surface area contributed by atoms with Gasteiger partial charge in [0.1, 0.15) is 0 Å². The van der Waals surface area contributed by atoms with Crippen molar-refractivity contribution in [2.45, 2.75) is 35.4 Å². The monoisotopic (exact) mass is 372 g/mol. The Morgan fingerprint density at radius 1 is 1.28 bits per heavy atom. The Balaban J connectivity index is 2.87. The summed E-state index contributed by atoms with van der Waals surface area (Å²) in [6, 6.07) is 0. The average molecular weight is 374 g/mol. The summed E-state index contributed by atoms with van der Waals surface area (Å²) in [6.07, 6.45) is 1.30. The van der Waals surface area contributed by atoms with Crippen LogP contribution in [0, 0.1) is 0 Å². The largest absolute Gasteiger partial charge is 0.348 e. The summed E-state index contributed by atoms with van der Waals surface area (Å²) in [5, 5.41) is 0. The van der Waals surface area contributed by atoms with Gasteiger partial charge in [0, 0.05) is 0 Å². The van der Waals surface area contributed by atoms with Crippen molar-refractivity contribution in [3.63, 3.8) is 0 Å². The second kappa shape index (κ2) is 7.15. The normalized spacial score (nSPS) is 28.3. The van der Waals surface area contributed by atoms with Crippen molar-refractivity contribution < 1.29 is 13.8 Å². The molecular formula is C9H16Cl3O3PS2. The van der Waals surface area contributed by atoms with Crippen LogP contribution in [0.4, 0.5) is 0 Å². The van der Waals surface area contributed by atoms with Crippen LogP contribution >= 0.6 is 51.9 Å². The van der Waals surface area contributed by atoms with E-state index in [9.17, 15) is 0 Å². The van der Waals surface area contributed by atoms with Crippen LogP contribution < -0.4 is 0 Å². The summed E-state index contributed by atoms with van der Waals surface area (Å²) in [5.41, 5.74) is -2.61. The van der Waals surface area contributed by atoms with Crippen molar-refractivity contribution in [1.82, 2.24) is 0 Å². The van der Waals surface area contributed by atoms with Crippen molar-refractivity contribution >= 4 is 63.7 Å². The number of alkyl halides is 3. The highest BCUT2D eigenvalue weighted by molar-refractivity contribution is 8.68. The molecule has 1 aliphatic heterocycles. The molecule has 9 heteroatoms. The predicted octanol–water partition coefficient (Wildman–Crippen LogP) is 4.89. The lowest BCUT2D eigenvalue weighted by molar-refractivity contribution is 0.0379. The molecule has 108 valence electrons. The molecule has 0 saturated carbocycles. The van der Waals surface area contributed by atoms with Gasteiger partial charge in [-0.05, 0) is 49.9 Å². The smallest absolute Gasteiger partial charge is 0.251 e. The summed E-state index contributed by atoms with van der Waals surface area (Å²) < 4.78 is 14.0. The van der Waals surface area contributed by atoms with E-state index in [1.165, 1.54) is 0 Å². The molecule has 0 aromatic carbocycles.